The van der Waals surface area contributed by atoms with Gasteiger partial charge in [0.1, 0.15) is 21.6 Å². The predicted molar refractivity (Wildman–Crippen MR) is 113 cm³/mol. The first-order valence-electron chi connectivity index (χ1n) is 8.67. The van der Waals surface area contributed by atoms with Crippen molar-refractivity contribution in [2.75, 3.05) is 0 Å². The van der Waals surface area contributed by atoms with E-state index in [0.29, 0.717) is 32.2 Å². The average Bonchev–Trinajstić information content (AvgIpc) is 2.96. The first kappa shape index (κ1) is 21.9. The van der Waals surface area contributed by atoms with Crippen LogP contribution in [0.5, 0.6) is 5.75 Å². The third-order valence-corrected chi connectivity index (χ3v) is 5.79. The van der Waals surface area contributed by atoms with E-state index in [1.807, 2.05) is 52.3 Å². The van der Waals surface area contributed by atoms with Crippen LogP contribution in [-0.2, 0) is 10.8 Å². The number of aromatic amines is 1. The molecule has 0 saturated carbocycles. The molecule has 0 fully saturated rings. The van der Waals surface area contributed by atoms with E-state index >= 15 is 0 Å². The Hall–Kier alpha value is -2.35. The highest BCUT2D eigenvalue weighted by Crippen LogP contribution is 2.41. The second kappa shape index (κ2) is 7.95. The standard InChI is InChI=1S/C21H23N3O2S2/c1-20(2,3)14-7-12(8-15(17(14)26)21(4,5)6)16(25)13-9-24-19(28-11-23)18(13)27-10-22/h7-9,24,26H,1-6H3. The van der Waals surface area contributed by atoms with Gasteiger partial charge < -0.3 is 10.1 Å². The SMILES string of the molecule is CC(C)(C)c1cc(C(=O)c2c[nH]c(SC#N)c2SC#N)cc(C(C)(C)C)c1O. The number of H-pyrrole nitrogens is 1. The molecule has 146 valence electrons. The summed E-state index contributed by atoms with van der Waals surface area (Å²) in [5, 5.41) is 33.3. The summed E-state index contributed by atoms with van der Waals surface area (Å²) in [6.07, 6.45) is 1.53. The van der Waals surface area contributed by atoms with Crippen molar-refractivity contribution >= 4 is 29.3 Å². The molecule has 5 nitrogen and oxygen atoms in total. The largest absolute Gasteiger partial charge is 0.507 e. The Labute approximate surface area is 174 Å². The number of phenolic OH excluding ortho intramolecular Hbond substituents is 1. The lowest BCUT2D eigenvalue weighted by Crippen LogP contribution is -2.19. The van der Waals surface area contributed by atoms with Crippen molar-refractivity contribution in [3.63, 3.8) is 0 Å². The van der Waals surface area contributed by atoms with Crippen molar-refractivity contribution in [1.82, 2.24) is 4.98 Å². The molecule has 0 bridgehead atoms. The van der Waals surface area contributed by atoms with E-state index in [1.54, 1.807) is 12.1 Å². The van der Waals surface area contributed by atoms with Crippen molar-refractivity contribution in [1.29, 1.82) is 10.5 Å². The molecule has 2 aromatic rings. The topological polar surface area (TPSA) is 101 Å². The summed E-state index contributed by atoms with van der Waals surface area (Å²) in [6, 6.07) is 3.44. The van der Waals surface area contributed by atoms with E-state index in [-0.39, 0.29) is 22.4 Å². The minimum Gasteiger partial charge on any atom is -0.507 e. The maximum absolute atomic E-state index is 13.3. The van der Waals surface area contributed by atoms with Gasteiger partial charge in [0.25, 0.3) is 0 Å². The molecule has 7 heteroatoms. The number of aromatic nitrogens is 1. The van der Waals surface area contributed by atoms with E-state index in [1.165, 1.54) is 6.20 Å². The van der Waals surface area contributed by atoms with Gasteiger partial charge in [-0.3, -0.25) is 4.79 Å². The number of hydrogen-bond donors (Lipinski definition) is 2. The number of benzene rings is 1. The fraction of sp³-hybridized carbons (Fsp3) is 0.381. The number of nitrogens with one attached hydrogen (secondary N) is 1. The van der Waals surface area contributed by atoms with Gasteiger partial charge in [0.15, 0.2) is 5.78 Å². The quantitative estimate of drug-likeness (QED) is 0.379. The third kappa shape index (κ3) is 4.38. The number of nitriles is 2. The molecule has 1 aromatic heterocycles. The van der Waals surface area contributed by atoms with Crippen molar-refractivity contribution in [2.24, 2.45) is 0 Å². The number of carbonyl (C=O) groups excluding carboxylic acids is 1. The number of rotatable bonds is 4. The van der Waals surface area contributed by atoms with Gasteiger partial charge in [-0.1, -0.05) is 41.5 Å². The van der Waals surface area contributed by atoms with Crippen molar-refractivity contribution < 1.29 is 9.90 Å². The van der Waals surface area contributed by atoms with Crippen molar-refractivity contribution in [3.8, 4) is 16.6 Å². The molecule has 0 radical (unpaired) electrons. The number of hydrogen-bond acceptors (Lipinski definition) is 6. The molecular weight excluding hydrogens is 390 g/mol. The van der Waals surface area contributed by atoms with Crippen LogP contribution in [0.1, 0.15) is 68.6 Å². The average molecular weight is 414 g/mol. The van der Waals surface area contributed by atoms with Gasteiger partial charge in [-0.05, 0) is 34.7 Å². The van der Waals surface area contributed by atoms with Gasteiger partial charge in [-0.2, -0.15) is 10.5 Å². The highest BCUT2D eigenvalue weighted by atomic mass is 32.2. The monoisotopic (exact) mass is 413 g/mol. The zero-order valence-corrected chi connectivity index (χ0v) is 18.4. The highest BCUT2D eigenvalue weighted by molar-refractivity contribution is 8.06. The van der Waals surface area contributed by atoms with E-state index in [0.717, 1.165) is 23.5 Å². The molecule has 0 saturated heterocycles. The van der Waals surface area contributed by atoms with Crippen LogP contribution in [0.2, 0.25) is 0 Å². The first-order valence-corrected chi connectivity index (χ1v) is 10.3. The van der Waals surface area contributed by atoms with E-state index in [4.69, 9.17) is 10.5 Å². The molecule has 1 heterocycles. The van der Waals surface area contributed by atoms with Gasteiger partial charge in [-0.15, -0.1) is 0 Å². The predicted octanol–water partition coefficient (Wildman–Crippen LogP) is 5.69. The van der Waals surface area contributed by atoms with E-state index in [9.17, 15) is 9.90 Å². The second-order valence-electron chi connectivity index (χ2n) is 8.50. The molecule has 0 aliphatic carbocycles. The second-order valence-corrected chi connectivity index (χ2v) is 10.1. The maximum Gasteiger partial charge on any atom is 0.195 e. The molecule has 0 aliphatic heterocycles. The molecule has 0 amide bonds. The van der Waals surface area contributed by atoms with Crippen molar-refractivity contribution in [3.05, 3.63) is 40.6 Å². The fourth-order valence-corrected chi connectivity index (χ4v) is 4.06. The summed E-state index contributed by atoms with van der Waals surface area (Å²) in [5.74, 6) is -0.0484. The Bertz CT molecular complexity index is 962. The minimum absolute atomic E-state index is 0.206. The zero-order chi connectivity index (χ0) is 21.3. The fourth-order valence-electron chi connectivity index (χ4n) is 2.89. The van der Waals surface area contributed by atoms with Crippen LogP contribution >= 0.6 is 23.5 Å². The normalized spacial score (nSPS) is 11.7. The van der Waals surface area contributed by atoms with Gasteiger partial charge >= 0.3 is 0 Å². The number of phenols is 1. The molecule has 0 atom stereocenters. The summed E-state index contributed by atoms with van der Waals surface area (Å²) in [4.78, 5) is 16.7. The Balaban J connectivity index is 2.71. The summed E-state index contributed by atoms with van der Waals surface area (Å²) in [7, 11) is 0. The first-order chi connectivity index (χ1) is 12.9. The Morgan fingerprint density at radius 2 is 1.50 bits per heavy atom. The smallest absolute Gasteiger partial charge is 0.195 e. The number of carbonyl (C=O) groups is 1. The zero-order valence-electron chi connectivity index (χ0n) is 16.8. The molecule has 2 rings (SSSR count). The molecular formula is C21H23N3O2S2. The lowest BCUT2D eigenvalue weighted by atomic mass is 9.78. The van der Waals surface area contributed by atoms with Gasteiger partial charge in [-0.25, -0.2) is 0 Å². The number of thioether (sulfide) groups is 2. The Morgan fingerprint density at radius 3 is 1.93 bits per heavy atom. The van der Waals surface area contributed by atoms with E-state index in [2.05, 4.69) is 4.98 Å². The highest BCUT2D eigenvalue weighted by Gasteiger charge is 2.29. The van der Waals surface area contributed by atoms with Crippen molar-refractivity contribution in [2.45, 2.75) is 62.3 Å². The lowest BCUT2D eigenvalue weighted by Gasteiger charge is -2.28. The molecule has 0 spiro atoms. The minimum atomic E-state index is -0.357. The Kier molecular flexibility index (Phi) is 6.23. The maximum atomic E-state index is 13.3. The van der Waals surface area contributed by atoms with Gasteiger partial charge in [0, 0.05) is 34.6 Å². The van der Waals surface area contributed by atoms with Gasteiger partial charge in [0.2, 0.25) is 0 Å². The number of nitrogens with zero attached hydrogens (tertiary/aromatic N) is 2. The summed E-state index contributed by atoms with van der Waals surface area (Å²) in [5.41, 5.74) is 1.46. The lowest BCUT2D eigenvalue weighted by molar-refractivity contribution is 0.103. The van der Waals surface area contributed by atoms with Crippen LogP contribution in [0.25, 0.3) is 0 Å². The molecule has 0 unspecified atom stereocenters. The van der Waals surface area contributed by atoms with Crippen LogP contribution in [0.15, 0.2) is 28.3 Å². The van der Waals surface area contributed by atoms with Crippen LogP contribution in [-0.4, -0.2) is 15.9 Å². The summed E-state index contributed by atoms with van der Waals surface area (Å²) >= 11 is 1.73. The molecule has 1 aromatic carbocycles. The Morgan fingerprint density at radius 1 is 1.00 bits per heavy atom. The third-order valence-electron chi connectivity index (χ3n) is 4.33. The van der Waals surface area contributed by atoms with E-state index < -0.39 is 0 Å². The molecule has 0 aliphatic rings. The summed E-state index contributed by atoms with van der Waals surface area (Å²) in [6.45, 7) is 11.9. The summed E-state index contributed by atoms with van der Waals surface area (Å²) < 4.78 is 0. The van der Waals surface area contributed by atoms with Gasteiger partial charge in [0.05, 0.1) is 10.5 Å². The van der Waals surface area contributed by atoms with Crippen LogP contribution in [0.4, 0.5) is 0 Å². The molecule has 2 N–H and O–H groups in total. The van der Waals surface area contributed by atoms with Crippen LogP contribution in [0, 0.1) is 21.3 Å². The number of ketones is 1. The van der Waals surface area contributed by atoms with Crippen LogP contribution < -0.4 is 0 Å². The van der Waals surface area contributed by atoms with Crippen LogP contribution in [0.3, 0.4) is 0 Å². The number of thiocyanates is 2. The molecule has 28 heavy (non-hydrogen) atoms. The number of aromatic hydroxyl groups is 1.